The summed E-state index contributed by atoms with van der Waals surface area (Å²) in [7, 11) is -0.239. The van der Waals surface area contributed by atoms with Crippen LogP contribution in [0.15, 0.2) is 24.3 Å². The Morgan fingerprint density at radius 3 is 2.33 bits per heavy atom. The lowest BCUT2D eigenvalue weighted by molar-refractivity contribution is 0.00578. The Kier molecular flexibility index (Phi) is 3.37. The zero-order valence-electron chi connectivity index (χ0n) is 13.5. The number of fused-ring (bicyclic) bond motifs is 1. The van der Waals surface area contributed by atoms with Gasteiger partial charge in [0.05, 0.1) is 22.2 Å². The summed E-state index contributed by atoms with van der Waals surface area (Å²) in [4.78, 5) is 4.75. The topological polar surface area (TPSA) is 36.3 Å². The number of nitrogens with zero attached hydrogens (tertiary/aromatic N) is 2. The van der Waals surface area contributed by atoms with Crippen molar-refractivity contribution < 1.29 is 9.31 Å². The number of para-hydroxylation sites is 2. The van der Waals surface area contributed by atoms with E-state index in [1.54, 1.807) is 0 Å². The SMILES string of the molecule is CCn1c(CB2OC(C)(C)C(C)(C)O2)nc2ccccc21. The van der Waals surface area contributed by atoms with Crippen LogP contribution >= 0.6 is 0 Å². The zero-order valence-corrected chi connectivity index (χ0v) is 13.5. The van der Waals surface area contributed by atoms with Crippen molar-refractivity contribution >= 4 is 18.2 Å². The van der Waals surface area contributed by atoms with Crippen LogP contribution in [0.1, 0.15) is 40.4 Å². The van der Waals surface area contributed by atoms with Crippen molar-refractivity contribution in [1.82, 2.24) is 9.55 Å². The summed E-state index contributed by atoms with van der Waals surface area (Å²) in [5.74, 6) is 1.03. The van der Waals surface area contributed by atoms with Crippen molar-refractivity contribution in [2.24, 2.45) is 0 Å². The quantitative estimate of drug-likeness (QED) is 0.813. The first kappa shape index (κ1) is 14.6. The first-order chi connectivity index (χ1) is 9.84. The van der Waals surface area contributed by atoms with E-state index in [0.29, 0.717) is 6.32 Å². The molecule has 0 spiro atoms. The molecule has 1 fully saturated rings. The third kappa shape index (κ3) is 2.38. The van der Waals surface area contributed by atoms with Gasteiger partial charge in [0.1, 0.15) is 5.82 Å². The molecule has 0 saturated carbocycles. The summed E-state index contributed by atoms with van der Waals surface area (Å²) in [5, 5.41) is 0. The molecule has 1 aliphatic heterocycles. The molecule has 0 amide bonds. The maximum absolute atomic E-state index is 6.09. The number of benzene rings is 1. The van der Waals surface area contributed by atoms with Gasteiger partial charge >= 0.3 is 7.12 Å². The molecule has 0 radical (unpaired) electrons. The van der Waals surface area contributed by atoms with E-state index in [0.717, 1.165) is 17.9 Å². The highest BCUT2D eigenvalue weighted by Gasteiger charge is 2.51. The van der Waals surface area contributed by atoms with E-state index in [9.17, 15) is 0 Å². The summed E-state index contributed by atoms with van der Waals surface area (Å²) in [6, 6.07) is 8.23. The van der Waals surface area contributed by atoms with Crippen molar-refractivity contribution in [3.8, 4) is 0 Å². The average Bonchev–Trinajstić information content (AvgIpc) is 2.83. The molecule has 112 valence electrons. The molecule has 1 aliphatic rings. The minimum Gasteiger partial charge on any atom is -0.403 e. The molecule has 0 aliphatic carbocycles. The summed E-state index contributed by atoms with van der Waals surface area (Å²) in [5.41, 5.74) is 1.62. The lowest BCUT2D eigenvalue weighted by Gasteiger charge is -2.32. The van der Waals surface area contributed by atoms with Crippen LogP contribution in [0.3, 0.4) is 0 Å². The zero-order chi connectivity index (χ0) is 15.3. The van der Waals surface area contributed by atoms with Crippen molar-refractivity contribution in [1.29, 1.82) is 0 Å². The van der Waals surface area contributed by atoms with Crippen LogP contribution in [0.4, 0.5) is 0 Å². The van der Waals surface area contributed by atoms with Gasteiger partial charge in [-0.25, -0.2) is 4.98 Å². The Labute approximate surface area is 126 Å². The summed E-state index contributed by atoms with van der Waals surface area (Å²) >= 11 is 0. The third-order valence-electron chi connectivity index (χ3n) is 4.70. The van der Waals surface area contributed by atoms with Crippen LogP contribution in [0, 0.1) is 0 Å². The molecule has 4 nitrogen and oxygen atoms in total. The minimum absolute atomic E-state index is 0.239. The second kappa shape index (κ2) is 4.85. The molecule has 2 aromatic rings. The molecule has 2 heterocycles. The van der Waals surface area contributed by atoms with E-state index in [4.69, 9.17) is 14.3 Å². The van der Waals surface area contributed by atoms with Gasteiger partial charge in [-0.2, -0.15) is 0 Å². The molecule has 0 N–H and O–H groups in total. The van der Waals surface area contributed by atoms with Gasteiger partial charge in [-0.1, -0.05) is 12.1 Å². The van der Waals surface area contributed by atoms with Crippen molar-refractivity contribution in [2.75, 3.05) is 0 Å². The second-order valence-electron chi connectivity index (χ2n) is 6.65. The van der Waals surface area contributed by atoms with Crippen LogP contribution in [0.25, 0.3) is 11.0 Å². The molecule has 3 rings (SSSR count). The molecule has 5 heteroatoms. The Morgan fingerprint density at radius 2 is 1.71 bits per heavy atom. The lowest BCUT2D eigenvalue weighted by Crippen LogP contribution is -2.41. The molecular weight excluding hydrogens is 263 g/mol. The van der Waals surface area contributed by atoms with E-state index < -0.39 is 0 Å². The first-order valence-electron chi connectivity index (χ1n) is 7.64. The molecule has 1 aromatic heterocycles. The highest BCUT2D eigenvalue weighted by molar-refractivity contribution is 6.44. The van der Waals surface area contributed by atoms with E-state index in [1.807, 2.05) is 6.07 Å². The van der Waals surface area contributed by atoms with Gasteiger partial charge in [-0.15, -0.1) is 0 Å². The Bertz CT molecular complexity index is 647. The molecular formula is C16H23BN2O2. The van der Waals surface area contributed by atoms with Gasteiger partial charge in [0.25, 0.3) is 0 Å². The standard InChI is InChI=1S/C16H23BN2O2/c1-6-19-13-10-8-7-9-12(13)18-14(19)11-17-20-15(2,3)16(4,5)21-17/h7-10H,6,11H2,1-5H3. The lowest BCUT2D eigenvalue weighted by atomic mass is 9.84. The molecule has 0 bridgehead atoms. The number of hydrogen-bond donors (Lipinski definition) is 0. The van der Waals surface area contributed by atoms with Gasteiger partial charge in [0.2, 0.25) is 0 Å². The van der Waals surface area contributed by atoms with Crippen LogP contribution in [-0.2, 0) is 22.2 Å². The van der Waals surface area contributed by atoms with Gasteiger partial charge in [0.15, 0.2) is 0 Å². The van der Waals surface area contributed by atoms with Crippen LogP contribution in [0.2, 0.25) is 0 Å². The first-order valence-corrected chi connectivity index (χ1v) is 7.64. The molecule has 21 heavy (non-hydrogen) atoms. The number of rotatable bonds is 3. The summed E-state index contributed by atoms with van der Waals surface area (Å²) in [6.45, 7) is 11.4. The second-order valence-corrected chi connectivity index (χ2v) is 6.65. The maximum Gasteiger partial charge on any atom is 0.465 e. The number of imidazole rings is 1. The number of aromatic nitrogens is 2. The molecule has 1 aromatic carbocycles. The Hall–Kier alpha value is -1.33. The third-order valence-corrected chi connectivity index (χ3v) is 4.70. The van der Waals surface area contributed by atoms with Crippen molar-refractivity contribution in [3.05, 3.63) is 30.1 Å². The maximum atomic E-state index is 6.09. The fourth-order valence-electron chi connectivity index (χ4n) is 2.83. The van der Waals surface area contributed by atoms with Crippen LogP contribution in [0.5, 0.6) is 0 Å². The highest BCUT2D eigenvalue weighted by Crippen LogP contribution is 2.37. The van der Waals surface area contributed by atoms with E-state index >= 15 is 0 Å². The molecule has 1 saturated heterocycles. The van der Waals surface area contributed by atoms with Gasteiger partial charge in [-0.3, -0.25) is 0 Å². The van der Waals surface area contributed by atoms with Crippen molar-refractivity contribution in [2.45, 2.75) is 58.7 Å². The monoisotopic (exact) mass is 286 g/mol. The minimum atomic E-state index is -0.291. The van der Waals surface area contributed by atoms with Gasteiger partial charge in [-0.05, 0) is 46.8 Å². The predicted molar refractivity (Wildman–Crippen MR) is 85.2 cm³/mol. The summed E-state index contributed by atoms with van der Waals surface area (Å²) < 4.78 is 14.4. The molecule has 0 unspecified atom stereocenters. The smallest absolute Gasteiger partial charge is 0.403 e. The Balaban J connectivity index is 1.89. The van der Waals surface area contributed by atoms with Gasteiger partial charge < -0.3 is 13.9 Å². The highest BCUT2D eigenvalue weighted by atomic mass is 16.7. The average molecular weight is 286 g/mol. The molecule has 0 atom stereocenters. The predicted octanol–water partition coefficient (Wildman–Crippen LogP) is 3.23. The van der Waals surface area contributed by atoms with E-state index in [-0.39, 0.29) is 18.3 Å². The summed E-state index contributed by atoms with van der Waals surface area (Å²) in [6.07, 6.45) is 0.676. The van der Waals surface area contributed by atoms with Crippen LogP contribution < -0.4 is 0 Å². The largest absolute Gasteiger partial charge is 0.465 e. The van der Waals surface area contributed by atoms with Gasteiger partial charge in [0, 0.05) is 12.9 Å². The normalized spacial score (nSPS) is 20.3. The van der Waals surface area contributed by atoms with E-state index in [2.05, 4.69) is 57.4 Å². The Morgan fingerprint density at radius 1 is 1.10 bits per heavy atom. The van der Waals surface area contributed by atoms with Crippen LogP contribution in [-0.4, -0.2) is 27.9 Å². The fourth-order valence-corrected chi connectivity index (χ4v) is 2.83. The number of aryl methyl sites for hydroxylation is 1. The number of hydrogen-bond acceptors (Lipinski definition) is 3. The fraction of sp³-hybridized carbons (Fsp3) is 0.562. The van der Waals surface area contributed by atoms with E-state index in [1.165, 1.54) is 5.52 Å². The van der Waals surface area contributed by atoms with Crippen molar-refractivity contribution in [3.63, 3.8) is 0 Å².